The molecule has 0 unspecified atom stereocenters. The van der Waals surface area contributed by atoms with Gasteiger partial charge in [-0.2, -0.15) is 0 Å². The van der Waals surface area contributed by atoms with Crippen LogP contribution in [0, 0.1) is 5.92 Å². The zero-order valence-corrected chi connectivity index (χ0v) is 21.8. The summed E-state index contributed by atoms with van der Waals surface area (Å²) in [7, 11) is 0. The average Bonchev–Trinajstić information content (AvgIpc) is 2.88. The van der Waals surface area contributed by atoms with Gasteiger partial charge in [0.2, 0.25) is 0 Å². The molecule has 13 nitrogen and oxygen atoms in total. The fourth-order valence-electron chi connectivity index (χ4n) is 5.86. The molecule has 0 radical (unpaired) electrons. The van der Waals surface area contributed by atoms with Gasteiger partial charge in [0.25, 0.3) is 0 Å². The van der Waals surface area contributed by atoms with Gasteiger partial charge in [0.05, 0.1) is 24.9 Å². The largest absolute Gasteiger partial charge is 0.479 e. The molecule has 3 heterocycles. The summed E-state index contributed by atoms with van der Waals surface area (Å²) in [6.07, 6.45) is -10.5. The second kappa shape index (κ2) is 13.1. The first-order valence-corrected chi connectivity index (χ1v) is 13.6. The minimum Gasteiger partial charge on any atom is -0.479 e. The van der Waals surface area contributed by atoms with E-state index >= 15 is 0 Å². The Kier molecular flexibility index (Phi) is 10.4. The van der Waals surface area contributed by atoms with Crippen LogP contribution in [0.4, 0.5) is 0 Å². The normalized spacial score (nSPS) is 48.5. The first-order chi connectivity index (χ1) is 18.2. The number of hydrogen-bond acceptors (Lipinski definition) is 12. The molecule has 220 valence electrons. The highest BCUT2D eigenvalue weighted by Crippen LogP contribution is 2.37. The summed E-state index contributed by atoms with van der Waals surface area (Å²) in [6, 6.07) is 0. The van der Waals surface area contributed by atoms with E-state index in [0.29, 0.717) is 12.8 Å². The number of fused-ring (bicyclic) bond motifs is 1. The number of carboxylic acid groups (broad SMARTS) is 1. The lowest BCUT2D eigenvalue weighted by atomic mass is 9.82. The molecule has 1 aliphatic carbocycles. The van der Waals surface area contributed by atoms with Crippen LogP contribution in [0.15, 0.2) is 0 Å². The SMILES string of the molecule is CC[C@H]1CCC[C@@H](O[C@@H]2O[C@H](CO)[C@H](O)[C@@H]3O[C@@H](C(=O)O)CCCO[C@@H]23)[C@@H]1O[C@@H]1O[C@@H](C)[C@@H](O)[C@@H](O)[C@@H]1O. The van der Waals surface area contributed by atoms with Crippen LogP contribution in [0.25, 0.3) is 0 Å². The van der Waals surface area contributed by atoms with Crippen LogP contribution in [-0.4, -0.2) is 130 Å². The van der Waals surface area contributed by atoms with Gasteiger partial charge in [-0.3, -0.25) is 0 Å². The summed E-state index contributed by atoms with van der Waals surface area (Å²) >= 11 is 0. The first kappa shape index (κ1) is 30.0. The molecule has 4 rings (SSSR count). The smallest absolute Gasteiger partial charge is 0.332 e. The van der Waals surface area contributed by atoms with E-state index in [9.17, 15) is 35.4 Å². The van der Waals surface area contributed by atoms with Crippen LogP contribution in [-0.2, 0) is 33.2 Å². The summed E-state index contributed by atoms with van der Waals surface area (Å²) < 4.78 is 35.9. The van der Waals surface area contributed by atoms with Crippen LogP contribution >= 0.6 is 0 Å². The van der Waals surface area contributed by atoms with Gasteiger partial charge in [-0.25, -0.2) is 4.79 Å². The predicted molar refractivity (Wildman–Crippen MR) is 127 cm³/mol. The van der Waals surface area contributed by atoms with E-state index in [1.54, 1.807) is 6.92 Å². The summed E-state index contributed by atoms with van der Waals surface area (Å²) in [6.45, 7) is 3.24. The van der Waals surface area contributed by atoms with Gasteiger partial charge in [-0.15, -0.1) is 0 Å². The van der Waals surface area contributed by atoms with Crippen LogP contribution in [0.3, 0.4) is 0 Å². The highest BCUT2D eigenvalue weighted by molar-refractivity contribution is 5.72. The maximum Gasteiger partial charge on any atom is 0.332 e. The molecule has 0 aromatic rings. The molecule has 0 bridgehead atoms. The average molecular weight is 551 g/mol. The molecule has 0 spiro atoms. The monoisotopic (exact) mass is 550 g/mol. The minimum atomic E-state index is -1.47. The number of carbonyl (C=O) groups is 1. The molecule has 14 atom stereocenters. The van der Waals surface area contributed by atoms with Crippen molar-refractivity contribution in [3.8, 4) is 0 Å². The summed E-state index contributed by atoms with van der Waals surface area (Å²) in [5.74, 6) is -1.13. The number of aliphatic carboxylic acids is 1. The number of rotatable bonds is 7. The quantitative estimate of drug-likeness (QED) is 0.224. The third-order valence-corrected chi connectivity index (χ3v) is 8.14. The highest BCUT2D eigenvalue weighted by atomic mass is 16.7. The van der Waals surface area contributed by atoms with Gasteiger partial charge in [0.1, 0.15) is 42.7 Å². The second-order valence-corrected chi connectivity index (χ2v) is 10.7. The van der Waals surface area contributed by atoms with E-state index < -0.39 is 92.3 Å². The van der Waals surface area contributed by atoms with Crippen molar-refractivity contribution in [2.45, 2.75) is 132 Å². The van der Waals surface area contributed by atoms with E-state index in [4.69, 9.17) is 28.4 Å². The number of ether oxygens (including phenoxy) is 6. The number of carboxylic acids is 1. The fraction of sp³-hybridized carbons (Fsp3) is 0.960. The molecule has 13 heteroatoms. The third kappa shape index (κ3) is 6.33. The maximum atomic E-state index is 11.7. The van der Waals surface area contributed by atoms with E-state index in [1.807, 2.05) is 6.92 Å². The molecule has 1 saturated carbocycles. The Morgan fingerprint density at radius 2 is 1.63 bits per heavy atom. The zero-order chi connectivity index (χ0) is 27.6. The van der Waals surface area contributed by atoms with E-state index in [1.165, 1.54) is 0 Å². The van der Waals surface area contributed by atoms with Gasteiger partial charge in [0.15, 0.2) is 18.7 Å². The molecule has 3 aliphatic heterocycles. The van der Waals surface area contributed by atoms with Crippen molar-refractivity contribution in [1.82, 2.24) is 0 Å². The molecule has 3 saturated heterocycles. The van der Waals surface area contributed by atoms with Crippen molar-refractivity contribution in [3.05, 3.63) is 0 Å². The summed E-state index contributed by atoms with van der Waals surface area (Å²) in [4.78, 5) is 11.7. The Morgan fingerprint density at radius 1 is 0.868 bits per heavy atom. The first-order valence-electron chi connectivity index (χ1n) is 13.6. The van der Waals surface area contributed by atoms with Crippen molar-refractivity contribution in [2.75, 3.05) is 13.2 Å². The van der Waals surface area contributed by atoms with E-state index in [2.05, 4.69) is 0 Å². The molecule has 0 aromatic heterocycles. The second-order valence-electron chi connectivity index (χ2n) is 10.7. The van der Waals surface area contributed by atoms with E-state index in [-0.39, 0.29) is 18.9 Å². The van der Waals surface area contributed by atoms with Crippen LogP contribution < -0.4 is 0 Å². The lowest BCUT2D eigenvalue weighted by Gasteiger charge is -2.48. The fourth-order valence-corrected chi connectivity index (χ4v) is 5.86. The molecule has 38 heavy (non-hydrogen) atoms. The standard InChI is InChI=1S/C25H42O13/c1-3-12-6-4-7-13(20(12)38-24-19(30)18(29)16(27)11(2)34-24)36-25-22-21(17(28)15(10-26)37-25)35-14(23(31)32)8-5-9-33-22/h11-22,24-30H,3-10H2,1-2H3,(H,31,32)/t11-,12-,13+,14+,15+,16+,17-,18+,19-,20+,21-,22+,24-,25+/m0/s1. The van der Waals surface area contributed by atoms with Gasteiger partial charge in [-0.05, 0) is 38.5 Å². The number of aliphatic hydroxyl groups excluding tert-OH is 5. The van der Waals surface area contributed by atoms with Crippen LogP contribution in [0.5, 0.6) is 0 Å². The Labute approximate surface area is 221 Å². The molecule has 4 fully saturated rings. The molecular weight excluding hydrogens is 508 g/mol. The predicted octanol–water partition coefficient (Wildman–Crippen LogP) is -1.11. The molecule has 4 aliphatic rings. The third-order valence-electron chi connectivity index (χ3n) is 8.14. The van der Waals surface area contributed by atoms with Gasteiger partial charge >= 0.3 is 5.97 Å². The van der Waals surface area contributed by atoms with Crippen molar-refractivity contribution in [2.24, 2.45) is 5.92 Å². The van der Waals surface area contributed by atoms with Crippen molar-refractivity contribution < 1.29 is 63.9 Å². The maximum absolute atomic E-state index is 11.7. The van der Waals surface area contributed by atoms with Gasteiger partial charge in [-0.1, -0.05) is 19.8 Å². The molecule has 0 aromatic carbocycles. The molecular formula is C25H42O13. The molecule has 0 amide bonds. The van der Waals surface area contributed by atoms with Crippen molar-refractivity contribution in [3.63, 3.8) is 0 Å². The Bertz CT molecular complexity index is 770. The summed E-state index contributed by atoms with van der Waals surface area (Å²) in [5.41, 5.74) is 0. The van der Waals surface area contributed by atoms with Gasteiger partial charge in [0, 0.05) is 6.61 Å². The Morgan fingerprint density at radius 3 is 2.32 bits per heavy atom. The van der Waals surface area contributed by atoms with Crippen molar-refractivity contribution >= 4 is 5.97 Å². The lowest BCUT2D eigenvalue weighted by molar-refractivity contribution is -0.355. The Hall–Kier alpha value is -0.970. The van der Waals surface area contributed by atoms with Gasteiger partial charge < -0.3 is 59.1 Å². The topological polar surface area (TPSA) is 194 Å². The number of aliphatic hydroxyl groups is 5. The Balaban J connectivity index is 1.54. The van der Waals surface area contributed by atoms with Crippen molar-refractivity contribution in [1.29, 1.82) is 0 Å². The summed E-state index contributed by atoms with van der Waals surface area (Å²) in [5, 5.41) is 61.1. The molecule has 6 N–H and O–H groups in total. The van der Waals surface area contributed by atoms with Crippen LogP contribution in [0.1, 0.15) is 52.4 Å². The lowest BCUT2D eigenvalue weighted by Crippen LogP contribution is -2.64. The zero-order valence-electron chi connectivity index (χ0n) is 21.8. The highest BCUT2D eigenvalue weighted by Gasteiger charge is 2.52. The van der Waals surface area contributed by atoms with Crippen LogP contribution in [0.2, 0.25) is 0 Å². The number of hydrogen-bond donors (Lipinski definition) is 6. The van der Waals surface area contributed by atoms with E-state index in [0.717, 1.165) is 19.3 Å². The minimum absolute atomic E-state index is 0.0216.